The Kier molecular flexibility index (Phi) is 6.26. The molecule has 0 saturated carbocycles. The fraction of sp³-hybridized carbons (Fsp3) is 0.667. The molecule has 1 rings (SSSR count). The largest absolute Gasteiger partial charge is 0.360 e. The van der Waals surface area contributed by atoms with Crippen LogP contribution in [-0.4, -0.2) is 43.0 Å². The second-order valence-electron chi connectivity index (χ2n) is 4.28. The van der Waals surface area contributed by atoms with Crippen molar-refractivity contribution in [3.8, 4) is 0 Å². The molecule has 0 N–H and O–H groups in total. The summed E-state index contributed by atoms with van der Waals surface area (Å²) in [5.41, 5.74) is 0. The number of alkyl halides is 1. The number of anilines is 2. The summed E-state index contributed by atoms with van der Waals surface area (Å²) in [6.07, 6.45) is 5.50. The molecule has 1 aromatic rings. The molecule has 0 atom stereocenters. The lowest BCUT2D eigenvalue weighted by molar-refractivity contribution is 0.706. The topological polar surface area (TPSA) is 32.3 Å². The average molecular weight is 301 g/mol. The van der Waals surface area contributed by atoms with Crippen molar-refractivity contribution in [3.63, 3.8) is 0 Å². The lowest BCUT2D eigenvalue weighted by Crippen LogP contribution is -2.21. The van der Waals surface area contributed by atoms with Crippen molar-refractivity contribution in [1.29, 1.82) is 0 Å². The van der Waals surface area contributed by atoms with E-state index in [1.165, 1.54) is 19.3 Å². The van der Waals surface area contributed by atoms with Crippen molar-refractivity contribution in [2.75, 3.05) is 42.8 Å². The summed E-state index contributed by atoms with van der Waals surface area (Å²) in [6.45, 7) is 1.04. The Hall–Kier alpha value is -0.840. The molecule has 0 aliphatic rings. The van der Waals surface area contributed by atoms with Crippen molar-refractivity contribution < 1.29 is 0 Å². The van der Waals surface area contributed by atoms with Gasteiger partial charge < -0.3 is 9.80 Å². The predicted octanol–water partition coefficient (Wildman–Crippen LogP) is 2.54. The van der Waals surface area contributed by atoms with Crippen molar-refractivity contribution in [3.05, 3.63) is 12.3 Å². The number of unbranched alkanes of at least 4 members (excludes halogenated alkanes) is 2. The Morgan fingerprint density at radius 3 is 2.59 bits per heavy atom. The third-order valence-electron chi connectivity index (χ3n) is 2.55. The summed E-state index contributed by atoms with van der Waals surface area (Å²) >= 11 is 3.45. The lowest BCUT2D eigenvalue weighted by Gasteiger charge is -2.19. The molecular weight excluding hydrogens is 280 g/mol. The van der Waals surface area contributed by atoms with Gasteiger partial charge in [0.15, 0.2) is 0 Å². The van der Waals surface area contributed by atoms with Gasteiger partial charge in [-0.15, -0.1) is 0 Å². The molecule has 0 aromatic carbocycles. The van der Waals surface area contributed by atoms with Crippen LogP contribution in [0.15, 0.2) is 12.3 Å². The Balaban J connectivity index is 2.50. The van der Waals surface area contributed by atoms with E-state index in [-0.39, 0.29) is 0 Å². The zero-order chi connectivity index (χ0) is 12.7. The van der Waals surface area contributed by atoms with E-state index in [2.05, 4.69) is 37.8 Å². The molecule has 17 heavy (non-hydrogen) atoms. The highest BCUT2D eigenvalue weighted by molar-refractivity contribution is 9.09. The summed E-state index contributed by atoms with van der Waals surface area (Å²) in [6, 6.07) is 1.96. The van der Waals surface area contributed by atoms with E-state index in [0.717, 1.165) is 23.6 Å². The first-order chi connectivity index (χ1) is 8.15. The standard InChI is InChI=1S/C12H21BrN4/c1-16(2)12-14-9-7-11(15-12)17(3)10-6-4-5-8-13/h7,9H,4-6,8,10H2,1-3H3. The molecule has 0 fully saturated rings. The molecule has 0 aliphatic carbocycles. The van der Waals surface area contributed by atoms with Crippen molar-refractivity contribution in [2.45, 2.75) is 19.3 Å². The molecule has 0 bridgehead atoms. The van der Waals surface area contributed by atoms with Crippen LogP contribution in [0.2, 0.25) is 0 Å². The minimum atomic E-state index is 0.759. The van der Waals surface area contributed by atoms with E-state index < -0.39 is 0 Å². The molecule has 96 valence electrons. The molecule has 0 radical (unpaired) electrons. The van der Waals surface area contributed by atoms with Crippen molar-refractivity contribution >= 4 is 27.7 Å². The highest BCUT2D eigenvalue weighted by atomic mass is 79.9. The van der Waals surface area contributed by atoms with E-state index in [0.29, 0.717) is 0 Å². The minimum Gasteiger partial charge on any atom is -0.360 e. The van der Waals surface area contributed by atoms with Gasteiger partial charge in [-0.2, -0.15) is 4.98 Å². The molecule has 0 unspecified atom stereocenters. The minimum absolute atomic E-state index is 0.759. The van der Waals surface area contributed by atoms with Crippen LogP contribution in [0.1, 0.15) is 19.3 Å². The van der Waals surface area contributed by atoms with Gasteiger partial charge in [0.05, 0.1) is 0 Å². The highest BCUT2D eigenvalue weighted by Crippen LogP contribution is 2.12. The molecule has 0 spiro atoms. The van der Waals surface area contributed by atoms with Crippen LogP contribution in [-0.2, 0) is 0 Å². The third kappa shape index (κ3) is 4.89. The third-order valence-corrected chi connectivity index (χ3v) is 3.11. The van der Waals surface area contributed by atoms with Gasteiger partial charge in [0.25, 0.3) is 0 Å². The van der Waals surface area contributed by atoms with E-state index >= 15 is 0 Å². The number of rotatable bonds is 7. The van der Waals surface area contributed by atoms with Gasteiger partial charge in [0.2, 0.25) is 5.95 Å². The average Bonchev–Trinajstić information content (AvgIpc) is 2.34. The normalized spacial score (nSPS) is 10.4. The molecular formula is C12H21BrN4. The predicted molar refractivity (Wildman–Crippen MR) is 77.3 cm³/mol. The maximum atomic E-state index is 4.50. The van der Waals surface area contributed by atoms with Crippen molar-refractivity contribution in [2.24, 2.45) is 0 Å². The molecule has 5 heteroatoms. The first-order valence-corrected chi connectivity index (χ1v) is 7.04. The second-order valence-corrected chi connectivity index (χ2v) is 5.07. The molecule has 4 nitrogen and oxygen atoms in total. The Bertz CT molecular complexity index is 330. The van der Waals surface area contributed by atoms with Gasteiger partial charge in [-0.3, -0.25) is 0 Å². The molecule has 1 heterocycles. The summed E-state index contributed by atoms with van der Waals surface area (Å²) < 4.78 is 0. The molecule has 0 aliphatic heterocycles. The first-order valence-electron chi connectivity index (χ1n) is 5.92. The number of hydrogen-bond donors (Lipinski definition) is 0. The lowest BCUT2D eigenvalue weighted by atomic mass is 10.2. The maximum Gasteiger partial charge on any atom is 0.226 e. The number of aromatic nitrogens is 2. The monoisotopic (exact) mass is 300 g/mol. The Labute approximate surface area is 112 Å². The maximum absolute atomic E-state index is 4.50. The fourth-order valence-electron chi connectivity index (χ4n) is 1.50. The smallest absolute Gasteiger partial charge is 0.226 e. The van der Waals surface area contributed by atoms with Gasteiger partial charge in [-0.05, 0) is 18.9 Å². The molecule has 0 amide bonds. The van der Waals surface area contributed by atoms with E-state index in [1.54, 1.807) is 0 Å². The van der Waals surface area contributed by atoms with Gasteiger partial charge >= 0.3 is 0 Å². The second kappa shape index (κ2) is 7.48. The Morgan fingerprint density at radius 2 is 1.94 bits per heavy atom. The number of halogens is 1. The highest BCUT2D eigenvalue weighted by Gasteiger charge is 2.05. The van der Waals surface area contributed by atoms with Crippen LogP contribution in [0.3, 0.4) is 0 Å². The summed E-state index contributed by atoms with van der Waals surface area (Å²) in [4.78, 5) is 12.8. The van der Waals surface area contributed by atoms with Crippen LogP contribution in [0, 0.1) is 0 Å². The zero-order valence-corrected chi connectivity index (χ0v) is 12.4. The van der Waals surface area contributed by atoms with Crippen molar-refractivity contribution in [1.82, 2.24) is 9.97 Å². The van der Waals surface area contributed by atoms with Gasteiger partial charge in [0, 0.05) is 39.2 Å². The first kappa shape index (κ1) is 14.2. The fourth-order valence-corrected chi connectivity index (χ4v) is 1.90. The van der Waals surface area contributed by atoms with Gasteiger partial charge in [0.1, 0.15) is 5.82 Å². The number of hydrogen-bond acceptors (Lipinski definition) is 4. The summed E-state index contributed by atoms with van der Waals surface area (Å²) in [5.74, 6) is 1.75. The quantitative estimate of drug-likeness (QED) is 0.572. The Morgan fingerprint density at radius 1 is 1.18 bits per heavy atom. The van der Waals surface area contributed by atoms with Crippen LogP contribution in [0.5, 0.6) is 0 Å². The summed E-state index contributed by atoms with van der Waals surface area (Å²) in [5, 5.41) is 1.09. The van der Waals surface area contributed by atoms with Crippen LogP contribution >= 0.6 is 15.9 Å². The van der Waals surface area contributed by atoms with Gasteiger partial charge in [-0.1, -0.05) is 22.4 Å². The van der Waals surface area contributed by atoms with Gasteiger partial charge in [-0.25, -0.2) is 4.98 Å². The number of nitrogens with zero attached hydrogens (tertiary/aromatic N) is 4. The summed E-state index contributed by atoms with van der Waals surface area (Å²) in [7, 11) is 5.99. The SMILES string of the molecule is CN(C)c1nccc(N(C)CCCCCBr)n1. The van der Waals surface area contributed by atoms with E-state index in [1.807, 2.05) is 31.3 Å². The molecule has 0 saturated heterocycles. The van der Waals surface area contributed by atoms with E-state index in [9.17, 15) is 0 Å². The van der Waals surface area contributed by atoms with Crippen LogP contribution in [0.4, 0.5) is 11.8 Å². The molecule has 1 aromatic heterocycles. The van der Waals surface area contributed by atoms with Crippen LogP contribution < -0.4 is 9.80 Å². The van der Waals surface area contributed by atoms with Crippen LogP contribution in [0.25, 0.3) is 0 Å². The zero-order valence-electron chi connectivity index (χ0n) is 10.9. The van der Waals surface area contributed by atoms with E-state index in [4.69, 9.17) is 0 Å².